The van der Waals surface area contributed by atoms with E-state index in [0.717, 1.165) is 30.5 Å². The molecule has 5 heteroatoms. The van der Waals surface area contributed by atoms with Gasteiger partial charge in [0.05, 0.1) is 26.4 Å². The third-order valence-corrected chi connectivity index (χ3v) is 5.48. The minimum absolute atomic E-state index is 0.0765. The van der Waals surface area contributed by atoms with Crippen LogP contribution in [0.5, 0.6) is 11.5 Å². The van der Waals surface area contributed by atoms with E-state index < -0.39 is 0 Å². The van der Waals surface area contributed by atoms with Crippen LogP contribution < -0.4 is 9.47 Å². The average Bonchev–Trinajstić information content (AvgIpc) is 2.66. The largest absolute Gasteiger partial charge is 0.493 e. The molecule has 0 bridgehead atoms. The summed E-state index contributed by atoms with van der Waals surface area (Å²) in [6, 6.07) is 10.9. The zero-order valence-corrected chi connectivity index (χ0v) is 15.4. The smallest absolute Gasteiger partial charge is 0.161 e. The van der Waals surface area contributed by atoms with Crippen molar-refractivity contribution in [1.29, 1.82) is 0 Å². The fourth-order valence-corrected chi connectivity index (χ4v) is 4.27. The van der Waals surface area contributed by atoms with Gasteiger partial charge >= 0.3 is 0 Å². The normalized spacial score (nSPS) is 25.3. The molecule has 0 aliphatic carbocycles. The number of rotatable bonds is 3. The molecule has 2 aliphatic rings. The van der Waals surface area contributed by atoms with E-state index in [4.69, 9.17) is 14.2 Å². The molecule has 0 radical (unpaired) electrons. The van der Waals surface area contributed by atoms with Gasteiger partial charge in [0.15, 0.2) is 11.5 Å². The molecule has 2 aliphatic heterocycles. The Morgan fingerprint density at radius 3 is 2.50 bits per heavy atom. The third kappa shape index (κ3) is 2.85. The van der Waals surface area contributed by atoms with Crippen LogP contribution >= 0.6 is 0 Å². The van der Waals surface area contributed by atoms with E-state index in [-0.39, 0.29) is 24.1 Å². The van der Waals surface area contributed by atoms with E-state index in [1.54, 1.807) is 26.4 Å². The maximum atomic E-state index is 13.8. The lowest BCUT2D eigenvalue weighted by Gasteiger charge is -2.46. The molecule has 0 aromatic heterocycles. The number of benzene rings is 2. The Labute approximate surface area is 153 Å². The van der Waals surface area contributed by atoms with Gasteiger partial charge in [-0.1, -0.05) is 12.1 Å². The van der Waals surface area contributed by atoms with E-state index in [0.29, 0.717) is 11.5 Å². The van der Waals surface area contributed by atoms with Crippen molar-refractivity contribution in [1.82, 2.24) is 4.90 Å². The standard InChI is InChI=1S/C21H24FNO3/c1-23-9-5-8-17-20(23)15-11-18(24-2)19(25-3)12-16(15)21(26-17)13-6-4-7-14(22)10-13/h4,6-7,10-12,17,20-21H,5,8-9H2,1-3H3/t17-,20-,21?/m0/s1. The van der Waals surface area contributed by atoms with Gasteiger partial charge in [0, 0.05) is 0 Å². The van der Waals surface area contributed by atoms with E-state index in [2.05, 4.69) is 18.0 Å². The topological polar surface area (TPSA) is 30.9 Å². The molecule has 0 spiro atoms. The van der Waals surface area contributed by atoms with Gasteiger partial charge in [0.25, 0.3) is 0 Å². The molecule has 3 atom stereocenters. The van der Waals surface area contributed by atoms with Gasteiger partial charge in [-0.15, -0.1) is 0 Å². The van der Waals surface area contributed by atoms with Crippen molar-refractivity contribution in [2.24, 2.45) is 0 Å². The molecule has 26 heavy (non-hydrogen) atoms. The number of nitrogens with zero attached hydrogens (tertiary/aromatic N) is 1. The Morgan fingerprint density at radius 1 is 1.08 bits per heavy atom. The van der Waals surface area contributed by atoms with Crippen LogP contribution in [-0.4, -0.2) is 38.8 Å². The van der Waals surface area contributed by atoms with E-state index in [1.807, 2.05) is 12.1 Å². The lowest BCUT2D eigenvalue weighted by molar-refractivity contribution is -0.0794. The Hall–Kier alpha value is -2.11. The van der Waals surface area contributed by atoms with Crippen molar-refractivity contribution in [3.63, 3.8) is 0 Å². The predicted octanol–water partition coefficient (Wildman–Crippen LogP) is 4.10. The second-order valence-corrected chi connectivity index (χ2v) is 7.01. The van der Waals surface area contributed by atoms with Gasteiger partial charge in [-0.3, -0.25) is 4.90 Å². The van der Waals surface area contributed by atoms with Gasteiger partial charge in [-0.2, -0.15) is 0 Å². The fraction of sp³-hybridized carbons (Fsp3) is 0.429. The quantitative estimate of drug-likeness (QED) is 0.828. The van der Waals surface area contributed by atoms with E-state index in [9.17, 15) is 4.39 Å². The van der Waals surface area contributed by atoms with Crippen molar-refractivity contribution < 1.29 is 18.6 Å². The number of likely N-dealkylation sites (tertiary alicyclic amines) is 1. The summed E-state index contributed by atoms with van der Waals surface area (Å²) in [6.45, 7) is 1.03. The highest BCUT2D eigenvalue weighted by Gasteiger charge is 2.41. The summed E-state index contributed by atoms with van der Waals surface area (Å²) < 4.78 is 31.4. The molecule has 4 rings (SSSR count). The number of halogens is 1. The summed E-state index contributed by atoms with van der Waals surface area (Å²) in [5.41, 5.74) is 3.02. The maximum Gasteiger partial charge on any atom is 0.161 e. The van der Waals surface area contributed by atoms with Crippen molar-refractivity contribution in [2.45, 2.75) is 31.1 Å². The lowest BCUT2D eigenvalue weighted by Crippen LogP contribution is -2.44. The van der Waals surface area contributed by atoms with Crippen LogP contribution in [0.25, 0.3) is 0 Å². The molecule has 1 saturated heterocycles. The third-order valence-electron chi connectivity index (χ3n) is 5.48. The highest BCUT2D eigenvalue weighted by molar-refractivity contribution is 5.52. The van der Waals surface area contributed by atoms with Crippen LogP contribution in [0, 0.1) is 5.82 Å². The summed E-state index contributed by atoms with van der Waals surface area (Å²) in [5.74, 6) is 1.12. The Bertz CT molecular complexity index is 810. The second kappa shape index (κ2) is 6.89. The zero-order chi connectivity index (χ0) is 18.3. The number of ether oxygens (including phenoxy) is 3. The molecule has 2 aromatic rings. The first-order valence-corrected chi connectivity index (χ1v) is 8.99. The number of fused-ring (bicyclic) bond motifs is 3. The van der Waals surface area contributed by atoms with Gasteiger partial charge in [-0.25, -0.2) is 4.39 Å². The molecule has 0 N–H and O–H groups in total. The number of methoxy groups -OCH3 is 2. The number of hydrogen-bond donors (Lipinski definition) is 0. The molecular formula is C21H24FNO3. The van der Waals surface area contributed by atoms with Crippen LogP contribution in [0.3, 0.4) is 0 Å². The SMILES string of the molecule is COc1cc2c(cc1OC)[C@H]1[C@H](CCCN1C)OC2c1cccc(F)c1. The van der Waals surface area contributed by atoms with Gasteiger partial charge in [0.2, 0.25) is 0 Å². The highest BCUT2D eigenvalue weighted by atomic mass is 19.1. The summed E-state index contributed by atoms with van der Waals surface area (Å²) in [4.78, 5) is 2.33. The summed E-state index contributed by atoms with van der Waals surface area (Å²) >= 11 is 0. The Balaban J connectivity index is 1.89. The molecule has 4 nitrogen and oxygen atoms in total. The van der Waals surface area contributed by atoms with Gasteiger partial charge in [0.1, 0.15) is 11.9 Å². The first kappa shape index (κ1) is 17.3. The predicted molar refractivity (Wildman–Crippen MR) is 97.3 cm³/mol. The van der Waals surface area contributed by atoms with Crippen LogP contribution in [0.1, 0.15) is 41.7 Å². The van der Waals surface area contributed by atoms with Crippen LogP contribution in [0.15, 0.2) is 36.4 Å². The zero-order valence-electron chi connectivity index (χ0n) is 15.4. The van der Waals surface area contributed by atoms with E-state index >= 15 is 0 Å². The van der Waals surface area contributed by atoms with Crippen molar-refractivity contribution >= 4 is 0 Å². The molecule has 2 aromatic carbocycles. The van der Waals surface area contributed by atoms with Crippen LogP contribution in [0.2, 0.25) is 0 Å². The molecule has 1 fully saturated rings. The van der Waals surface area contributed by atoms with Gasteiger partial charge < -0.3 is 14.2 Å². The average molecular weight is 357 g/mol. The molecular weight excluding hydrogens is 333 g/mol. The molecule has 0 saturated carbocycles. The summed E-state index contributed by atoms with van der Waals surface area (Å²) in [5, 5.41) is 0. The second-order valence-electron chi connectivity index (χ2n) is 7.01. The minimum atomic E-state index is -0.312. The first-order valence-electron chi connectivity index (χ1n) is 8.99. The van der Waals surface area contributed by atoms with Crippen molar-refractivity contribution in [2.75, 3.05) is 27.8 Å². The fourth-order valence-electron chi connectivity index (χ4n) is 4.27. The van der Waals surface area contributed by atoms with E-state index in [1.165, 1.54) is 11.6 Å². The highest BCUT2D eigenvalue weighted by Crippen LogP contribution is 2.48. The maximum absolute atomic E-state index is 13.8. The Morgan fingerprint density at radius 2 is 1.81 bits per heavy atom. The van der Waals surface area contributed by atoms with Crippen LogP contribution in [-0.2, 0) is 4.74 Å². The van der Waals surface area contributed by atoms with Crippen molar-refractivity contribution in [3.8, 4) is 11.5 Å². The van der Waals surface area contributed by atoms with Crippen LogP contribution in [0.4, 0.5) is 4.39 Å². The number of likely N-dealkylation sites (N-methyl/N-ethyl adjacent to an activating group) is 1. The summed E-state index contributed by atoms with van der Waals surface area (Å²) in [7, 11) is 5.40. The Kier molecular flexibility index (Phi) is 4.59. The minimum Gasteiger partial charge on any atom is -0.493 e. The molecule has 2 heterocycles. The lowest BCUT2D eigenvalue weighted by atomic mass is 9.83. The first-order chi connectivity index (χ1) is 12.6. The molecule has 0 amide bonds. The summed E-state index contributed by atoms with van der Waals surface area (Å²) in [6.07, 6.45) is 1.85. The molecule has 138 valence electrons. The monoisotopic (exact) mass is 357 g/mol. The number of piperidine rings is 1. The molecule has 1 unspecified atom stereocenters. The van der Waals surface area contributed by atoms with Gasteiger partial charge in [-0.05, 0) is 67.4 Å². The van der Waals surface area contributed by atoms with Crippen molar-refractivity contribution in [3.05, 3.63) is 58.9 Å². The number of hydrogen-bond acceptors (Lipinski definition) is 4.